The highest BCUT2D eigenvalue weighted by atomic mass is 35.5. The Morgan fingerprint density at radius 3 is 2.28 bits per heavy atom. The lowest BCUT2D eigenvalue weighted by Crippen LogP contribution is -2.42. The van der Waals surface area contributed by atoms with E-state index in [1.807, 2.05) is 30.3 Å². The normalized spacial score (nSPS) is 20.6. The number of hydrogen-bond acceptors (Lipinski definition) is 4. The molecule has 1 saturated heterocycles. The SMILES string of the molecule is CC[Si](CC)(CC)OC(c1c(Cl)cncc1Cl)C1C[C@H](Oc2ccccc2)CN1. The van der Waals surface area contributed by atoms with Crippen LogP contribution in [0.3, 0.4) is 0 Å². The van der Waals surface area contributed by atoms with Gasteiger partial charge in [-0.2, -0.15) is 0 Å². The molecule has 2 heterocycles. The summed E-state index contributed by atoms with van der Waals surface area (Å²) in [5.41, 5.74) is 0.841. The van der Waals surface area contributed by atoms with E-state index in [-0.39, 0.29) is 18.2 Å². The molecule has 158 valence electrons. The van der Waals surface area contributed by atoms with Gasteiger partial charge in [0.05, 0.1) is 16.1 Å². The molecule has 1 aromatic heterocycles. The first-order valence-corrected chi connectivity index (χ1v) is 13.7. The standard InChI is InChI=1S/C22H30Cl2N2O2Si/c1-4-29(5-2,6-3)28-22(21-18(23)14-25-15-19(21)24)20-12-17(13-26-20)27-16-10-8-7-9-11-16/h7-11,14-15,17,20,22,26H,4-6,12-13H2,1-3H3/t17-,20?,22?/m0/s1. The fourth-order valence-electron chi connectivity index (χ4n) is 4.05. The molecule has 0 amide bonds. The minimum absolute atomic E-state index is 0.0776. The highest BCUT2D eigenvalue weighted by molar-refractivity contribution is 6.73. The van der Waals surface area contributed by atoms with Gasteiger partial charge in [-0.15, -0.1) is 0 Å². The van der Waals surface area contributed by atoms with E-state index in [1.54, 1.807) is 12.4 Å². The number of ether oxygens (including phenoxy) is 1. The molecular formula is C22H30Cl2N2O2Si. The summed E-state index contributed by atoms with van der Waals surface area (Å²) in [6.45, 7) is 7.46. The van der Waals surface area contributed by atoms with E-state index in [0.29, 0.717) is 10.0 Å². The average Bonchev–Trinajstić information content (AvgIpc) is 3.20. The van der Waals surface area contributed by atoms with Crippen LogP contribution >= 0.6 is 23.2 Å². The Labute approximate surface area is 185 Å². The molecule has 4 nitrogen and oxygen atoms in total. The number of pyridine rings is 1. The van der Waals surface area contributed by atoms with E-state index in [1.165, 1.54) is 0 Å². The zero-order chi connectivity index (χ0) is 20.9. The summed E-state index contributed by atoms with van der Waals surface area (Å²) in [4.78, 5) is 4.13. The maximum absolute atomic E-state index is 6.94. The van der Waals surface area contributed by atoms with Crippen molar-refractivity contribution in [2.24, 2.45) is 0 Å². The van der Waals surface area contributed by atoms with Gasteiger partial charge in [0.25, 0.3) is 0 Å². The summed E-state index contributed by atoms with van der Waals surface area (Å²) in [5.74, 6) is 0.886. The quantitative estimate of drug-likeness (QED) is 0.455. The van der Waals surface area contributed by atoms with Crippen molar-refractivity contribution < 1.29 is 9.16 Å². The summed E-state index contributed by atoms with van der Waals surface area (Å²) < 4.78 is 13.1. The molecule has 0 spiro atoms. The summed E-state index contributed by atoms with van der Waals surface area (Å²) in [6, 6.07) is 13.2. The van der Waals surface area contributed by atoms with Gasteiger partial charge in [0, 0.05) is 37.0 Å². The lowest BCUT2D eigenvalue weighted by Gasteiger charge is -2.37. The minimum atomic E-state index is -1.89. The Bertz CT molecular complexity index is 761. The van der Waals surface area contributed by atoms with Crippen molar-refractivity contribution >= 4 is 31.5 Å². The van der Waals surface area contributed by atoms with Gasteiger partial charge < -0.3 is 14.5 Å². The number of benzene rings is 1. The van der Waals surface area contributed by atoms with Crippen molar-refractivity contribution in [1.82, 2.24) is 10.3 Å². The maximum Gasteiger partial charge on any atom is 0.192 e. The largest absolute Gasteiger partial charge is 0.489 e. The number of nitrogens with zero attached hydrogens (tertiary/aromatic N) is 1. The average molecular weight is 453 g/mol. The molecule has 3 rings (SSSR count). The topological polar surface area (TPSA) is 43.4 Å². The van der Waals surface area contributed by atoms with Gasteiger partial charge in [-0.25, -0.2) is 0 Å². The highest BCUT2D eigenvalue weighted by Crippen LogP contribution is 2.40. The van der Waals surface area contributed by atoms with Crippen LogP contribution in [0.5, 0.6) is 5.75 Å². The Kier molecular flexibility index (Phi) is 7.99. The number of para-hydroxylation sites is 1. The number of halogens is 2. The van der Waals surface area contributed by atoms with E-state index in [2.05, 4.69) is 31.1 Å². The van der Waals surface area contributed by atoms with Crippen LogP contribution in [-0.4, -0.2) is 32.0 Å². The van der Waals surface area contributed by atoms with Crippen molar-refractivity contribution in [2.45, 2.75) is 63.6 Å². The first-order chi connectivity index (χ1) is 14.0. The predicted octanol–water partition coefficient (Wildman–Crippen LogP) is 6.26. The number of nitrogens with one attached hydrogen (secondary N) is 1. The van der Waals surface area contributed by atoms with Gasteiger partial charge >= 0.3 is 0 Å². The summed E-state index contributed by atoms with van der Waals surface area (Å²) >= 11 is 13.1. The Morgan fingerprint density at radius 2 is 1.69 bits per heavy atom. The van der Waals surface area contributed by atoms with Crippen molar-refractivity contribution in [2.75, 3.05) is 6.54 Å². The third kappa shape index (κ3) is 5.33. The third-order valence-corrected chi connectivity index (χ3v) is 11.2. The predicted molar refractivity (Wildman–Crippen MR) is 123 cm³/mol. The molecule has 0 saturated carbocycles. The Hall–Kier alpha value is -1.11. The number of rotatable bonds is 9. The molecule has 2 aromatic rings. The maximum atomic E-state index is 6.94. The molecule has 0 aliphatic carbocycles. The minimum Gasteiger partial charge on any atom is -0.489 e. The third-order valence-electron chi connectivity index (χ3n) is 6.02. The van der Waals surface area contributed by atoms with E-state index < -0.39 is 8.32 Å². The van der Waals surface area contributed by atoms with Crippen LogP contribution in [-0.2, 0) is 4.43 Å². The van der Waals surface area contributed by atoms with E-state index in [0.717, 1.165) is 42.4 Å². The van der Waals surface area contributed by atoms with Gasteiger partial charge in [-0.1, -0.05) is 62.2 Å². The molecule has 29 heavy (non-hydrogen) atoms. The Morgan fingerprint density at radius 1 is 1.07 bits per heavy atom. The molecule has 1 aliphatic rings. The van der Waals surface area contributed by atoms with Crippen molar-refractivity contribution in [3.8, 4) is 5.75 Å². The van der Waals surface area contributed by atoms with Crippen LogP contribution < -0.4 is 10.1 Å². The van der Waals surface area contributed by atoms with Crippen molar-refractivity contribution in [3.63, 3.8) is 0 Å². The number of hydrogen-bond donors (Lipinski definition) is 1. The van der Waals surface area contributed by atoms with Crippen molar-refractivity contribution in [1.29, 1.82) is 0 Å². The van der Waals surface area contributed by atoms with Gasteiger partial charge in [0.1, 0.15) is 11.9 Å². The smallest absolute Gasteiger partial charge is 0.192 e. The molecule has 7 heteroatoms. The van der Waals surface area contributed by atoms with Crippen LogP contribution in [0.2, 0.25) is 28.2 Å². The number of aromatic nitrogens is 1. The van der Waals surface area contributed by atoms with E-state index in [9.17, 15) is 0 Å². The van der Waals surface area contributed by atoms with Gasteiger partial charge in [-0.05, 0) is 30.3 Å². The lowest BCUT2D eigenvalue weighted by molar-refractivity contribution is 0.140. The molecule has 1 aromatic carbocycles. The lowest BCUT2D eigenvalue weighted by atomic mass is 10.0. The Balaban J connectivity index is 1.85. The molecule has 3 atom stereocenters. The summed E-state index contributed by atoms with van der Waals surface area (Å²) in [7, 11) is -1.89. The van der Waals surface area contributed by atoms with E-state index in [4.69, 9.17) is 32.4 Å². The second-order valence-electron chi connectivity index (χ2n) is 7.60. The zero-order valence-electron chi connectivity index (χ0n) is 17.3. The van der Waals surface area contributed by atoms with Crippen LogP contribution in [0.15, 0.2) is 42.7 Å². The highest BCUT2D eigenvalue weighted by Gasteiger charge is 2.40. The van der Waals surface area contributed by atoms with Crippen molar-refractivity contribution in [3.05, 3.63) is 58.3 Å². The van der Waals surface area contributed by atoms with Gasteiger partial charge in [0.15, 0.2) is 8.32 Å². The van der Waals surface area contributed by atoms with Crippen LogP contribution in [0.4, 0.5) is 0 Å². The second-order valence-corrected chi connectivity index (χ2v) is 13.1. The fraction of sp³-hybridized carbons (Fsp3) is 0.500. The summed E-state index contributed by atoms with van der Waals surface area (Å²) in [5, 5.41) is 4.73. The first-order valence-electron chi connectivity index (χ1n) is 10.4. The molecule has 2 unspecified atom stereocenters. The van der Waals surface area contributed by atoms with Gasteiger partial charge in [-0.3, -0.25) is 4.98 Å². The zero-order valence-corrected chi connectivity index (χ0v) is 19.8. The molecule has 1 aliphatic heterocycles. The second kappa shape index (κ2) is 10.3. The molecule has 1 N–H and O–H groups in total. The summed E-state index contributed by atoms with van der Waals surface area (Å²) in [6.07, 6.45) is 4.00. The van der Waals surface area contributed by atoms with Gasteiger partial charge in [0.2, 0.25) is 0 Å². The van der Waals surface area contributed by atoms with Crippen LogP contribution in [0, 0.1) is 0 Å². The molecule has 0 bridgehead atoms. The monoisotopic (exact) mass is 452 g/mol. The van der Waals surface area contributed by atoms with Crippen LogP contribution in [0.1, 0.15) is 38.9 Å². The fourth-order valence-corrected chi connectivity index (χ4v) is 7.45. The molecule has 1 fully saturated rings. The van der Waals surface area contributed by atoms with Crippen LogP contribution in [0.25, 0.3) is 0 Å². The first kappa shape index (κ1) is 22.6. The van der Waals surface area contributed by atoms with E-state index >= 15 is 0 Å². The molecular weight excluding hydrogens is 423 g/mol. The molecule has 0 radical (unpaired) electrons.